The van der Waals surface area contributed by atoms with Gasteiger partial charge in [-0.1, -0.05) is 0 Å². The number of carbonyl (C=O) groups excluding carboxylic acids is 1. The zero-order chi connectivity index (χ0) is 21.8. The van der Waals surface area contributed by atoms with Crippen LogP contribution in [-0.4, -0.2) is 71.5 Å². The van der Waals surface area contributed by atoms with Crippen LogP contribution in [0.1, 0.15) is 35.7 Å². The fourth-order valence-corrected chi connectivity index (χ4v) is 4.34. The second kappa shape index (κ2) is 9.59. The van der Waals surface area contributed by atoms with Crippen LogP contribution in [0.25, 0.3) is 0 Å². The van der Waals surface area contributed by atoms with Crippen molar-refractivity contribution in [2.75, 3.05) is 38.7 Å². The van der Waals surface area contributed by atoms with Crippen molar-refractivity contribution in [1.29, 1.82) is 0 Å². The summed E-state index contributed by atoms with van der Waals surface area (Å²) >= 11 is 0. The number of anilines is 1. The van der Waals surface area contributed by atoms with Crippen molar-refractivity contribution < 1.29 is 23.0 Å². The number of piperidine rings is 1. The first-order valence-electron chi connectivity index (χ1n) is 10.5. The molecule has 2 aliphatic rings. The van der Waals surface area contributed by atoms with Crippen molar-refractivity contribution in [2.24, 2.45) is 5.92 Å². The van der Waals surface area contributed by atoms with Crippen LogP contribution in [0.15, 0.2) is 30.6 Å². The summed E-state index contributed by atoms with van der Waals surface area (Å²) in [6.07, 6.45) is 0.737. The molecule has 1 fully saturated rings. The molecule has 3 atom stereocenters. The van der Waals surface area contributed by atoms with Gasteiger partial charge in [0, 0.05) is 31.8 Å². The molecule has 8 nitrogen and oxygen atoms in total. The number of alkyl halides is 2. The molecule has 2 aliphatic heterocycles. The summed E-state index contributed by atoms with van der Waals surface area (Å²) in [7, 11) is 1.61. The molecule has 168 valence electrons. The van der Waals surface area contributed by atoms with Crippen molar-refractivity contribution in [1.82, 2.24) is 19.7 Å². The molecular formula is C21H27F2N5O3. The van der Waals surface area contributed by atoms with Gasteiger partial charge < -0.3 is 19.7 Å². The quantitative estimate of drug-likeness (QED) is 0.674. The van der Waals surface area contributed by atoms with Gasteiger partial charge in [0.2, 0.25) is 5.95 Å². The van der Waals surface area contributed by atoms with Crippen molar-refractivity contribution >= 4 is 11.9 Å². The Morgan fingerprint density at radius 3 is 2.84 bits per heavy atom. The molecule has 1 aromatic carbocycles. The number of carbonyl (C=O) groups is 1. The molecule has 2 aromatic rings. The summed E-state index contributed by atoms with van der Waals surface area (Å²) in [6.45, 7) is 2.11. The minimum Gasteiger partial charge on any atom is -0.491 e. The monoisotopic (exact) mass is 435 g/mol. The standard InChI is InChI=1S/C21H27F2N5O3/c1-30-9-10-31-16-6-4-14(5-7-16)20(29)27-8-2-3-15(12-27)17-11-18(19(22)23)28-21(26-17)24-13-25-28/h4-7,13,15,17-19H,2-3,8-12H2,1H3,(H,24,25,26)/t15-,17+,18-/m1/s1. The third-order valence-corrected chi connectivity index (χ3v) is 5.96. The molecule has 1 saturated heterocycles. The Morgan fingerprint density at radius 2 is 2.10 bits per heavy atom. The average Bonchev–Trinajstić information content (AvgIpc) is 3.27. The molecular weight excluding hydrogens is 408 g/mol. The fourth-order valence-electron chi connectivity index (χ4n) is 4.34. The van der Waals surface area contributed by atoms with Gasteiger partial charge in [-0.05, 0) is 49.4 Å². The van der Waals surface area contributed by atoms with Gasteiger partial charge in [-0.2, -0.15) is 10.1 Å². The zero-order valence-electron chi connectivity index (χ0n) is 17.4. The predicted octanol–water partition coefficient (Wildman–Crippen LogP) is 2.85. The van der Waals surface area contributed by atoms with E-state index in [1.54, 1.807) is 31.4 Å². The molecule has 31 heavy (non-hydrogen) atoms. The first-order chi connectivity index (χ1) is 15.1. The molecule has 0 saturated carbocycles. The fraction of sp³-hybridized carbons (Fsp3) is 0.571. The van der Waals surface area contributed by atoms with Crippen LogP contribution in [-0.2, 0) is 4.74 Å². The highest BCUT2D eigenvalue weighted by atomic mass is 19.3. The SMILES string of the molecule is COCCOc1ccc(C(=O)N2CCC[C@@H]([C@@H]3C[C@H](C(F)F)n4ncnc4N3)C2)cc1. The maximum atomic E-state index is 13.6. The summed E-state index contributed by atoms with van der Waals surface area (Å²) in [5.41, 5.74) is 0.585. The molecule has 0 spiro atoms. The number of hydrogen-bond acceptors (Lipinski definition) is 6. The minimum atomic E-state index is -2.52. The topological polar surface area (TPSA) is 81.5 Å². The van der Waals surface area contributed by atoms with Crippen LogP contribution >= 0.6 is 0 Å². The molecule has 3 heterocycles. The zero-order valence-corrected chi connectivity index (χ0v) is 17.4. The van der Waals surface area contributed by atoms with Gasteiger partial charge in [0.1, 0.15) is 24.7 Å². The molecule has 10 heteroatoms. The average molecular weight is 435 g/mol. The lowest BCUT2D eigenvalue weighted by molar-refractivity contribution is 0.0504. The number of benzene rings is 1. The highest BCUT2D eigenvalue weighted by Crippen LogP contribution is 2.35. The number of rotatable bonds is 7. The van der Waals surface area contributed by atoms with Gasteiger partial charge in [0.25, 0.3) is 12.3 Å². The number of nitrogens with one attached hydrogen (secondary N) is 1. The first kappa shape index (κ1) is 21.5. The summed E-state index contributed by atoms with van der Waals surface area (Å²) in [5, 5.41) is 7.19. The number of likely N-dealkylation sites (tertiary alicyclic amines) is 1. The van der Waals surface area contributed by atoms with Gasteiger partial charge in [0.05, 0.1) is 6.61 Å². The smallest absolute Gasteiger partial charge is 0.260 e. The van der Waals surface area contributed by atoms with Crippen LogP contribution in [0.2, 0.25) is 0 Å². The lowest BCUT2D eigenvalue weighted by atomic mass is 9.86. The van der Waals surface area contributed by atoms with E-state index in [0.717, 1.165) is 12.8 Å². The normalized spacial score (nSPS) is 23.4. The van der Waals surface area contributed by atoms with Crippen molar-refractivity contribution in [2.45, 2.75) is 37.8 Å². The Hall–Kier alpha value is -2.75. The lowest BCUT2D eigenvalue weighted by Crippen LogP contribution is -2.48. The van der Waals surface area contributed by atoms with E-state index in [-0.39, 0.29) is 24.3 Å². The number of hydrogen-bond donors (Lipinski definition) is 1. The molecule has 0 aliphatic carbocycles. The first-order valence-corrected chi connectivity index (χ1v) is 10.5. The van der Waals surface area contributed by atoms with Crippen LogP contribution in [0.5, 0.6) is 5.75 Å². The number of amides is 1. The van der Waals surface area contributed by atoms with Crippen LogP contribution in [0.4, 0.5) is 14.7 Å². The molecule has 4 rings (SSSR count). The van der Waals surface area contributed by atoms with Crippen molar-refractivity contribution in [3.05, 3.63) is 36.2 Å². The van der Waals surface area contributed by atoms with E-state index in [1.165, 1.54) is 11.0 Å². The molecule has 1 N–H and O–H groups in total. The van der Waals surface area contributed by atoms with Crippen molar-refractivity contribution in [3.8, 4) is 5.75 Å². The van der Waals surface area contributed by atoms with Gasteiger partial charge >= 0.3 is 0 Å². The van der Waals surface area contributed by atoms with Crippen LogP contribution < -0.4 is 10.1 Å². The summed E-state index contributed by atoms with van der Waals surface area (Å²) < 4.78 is 38.9. The van der Waals surface area contributed by atoms with E-state index in [2.05, 4.69) is 15.4 Å². The maximum Gasteiger partial charge on any atom is 0.260 e. The second-order valence-electron chi connectivity index (χ2n) is 7.94. The summed E-state index contributed by atoms with van der Waals surface area (Å²) in [6, 6.07) is 5.87. The van der Waals surface area contributed by atoms with E-state index < -0.39 is 12.5 Å². The van der Waals surface area contributed by atoms with Crippen LogP contribution in [0, 0.1) is 5.92 Å². The predicted molar refractivity (Wildman–Crippen MR) is 110 cm³/mol. The van der Waals surface area contributed by atoms with E-state index in [9.17, 15) is 13.6 Å². The highest BCUT2D eigenvalue weighted by Gasteiger charge is 2.39. The second-order valence-corrected chi connectivity index (χ2v) is 7.94. The van der Waals surface area contributed by atoms with Gasteiger partial charge in [-0.15, -0.1) is 0 Å². The Kier molecular flexibility index (Phi) is 6.64. The Labute approximate surface area is 179 Å². The lowest BCUT2D eigenvalue weighted by Gasteiger charge is -2.40. The Morgan fingerprint density at radius 1 is 1.29 bits per heavy atom. The van der Waals surface area contributed by atoms with Gasteiger partial charge in [-0.3, -0.25) is 4.79 Å². The van der Waals surface area contributed by atoms with Crippen LogP contribution in [0.3, 0.4) is 0 Å². The van der Waals surface area contributed by atoms with Gasteiger partial charge in [0.15, 0.2) is 0 Å². The number of methoxy groups -OCH3 is 1. The van der Waals surface area contributed by atoms with E-state index in [4.69, 9.17) is 9.47 Å². The molecule has 1 aromatic heterocycles. The van der Waals surface area contributed by atoms with E-state index >= 15 is 0 Å². The largest absolute Gasteiger partial charge is 0.491 e. The molecule has 0 unspecified atom stereocenters. The molecule has 1 amide bonds. The van der Waals surface area contributed by atoms with E-state index in [0.29, 0.717) is 43.6 Å². The Balaban J connectivity index is 1.40. The maximum absolute atomic E-state index is 13.6. The third-order valence-electron chi connectivity index (χ3n) is 5.96. The number of ether oxygens (including phenoxy) is 2. The number of fused-ring (bicyclic) bond motifs is 1. The number of nitrogens with zero attached hydrogens (tertiary/aromatic N) is 4. The van der Waals surface area contributed by atoms with E-state index in [1.807, 2.05) is 4.90 Å². The highest BCUT2D eigenvalue weighted by molar-refractivity contribution is 5.94. The van der Waals surface area contributed by atoms with Gasteiger partial charge in [-0.25, -0.2) is 13.5 Å². The summed E-state index contributed by atoms with van der Waals surface area (Å²) in [4.78, 5) is 18.9. The number of aromatic nitrogens is 3. The molecule has 0 radical (unpaired) electrons. The summed E-state index contributed by atoms with van der Waals surface area (Å²) in [5.74, 6) is 1.06. The Bertz CT molecular complexity index is 876. The van der Waals surface area contributed by atoms with Crippen molar-refractivity contribution in [3.63, 3.8) is 0 Å². The number of halogens is 2. The molecule has 0 bridgehead atoms. The minimum absolute atomic E-state index is 0.0578. The third kappa shape index (κ3) is 4.79.